The fourth-order valence-corrected chi connectivity index (χ4v) is 1.77. The second-order valence-corrected chi connectivity index (χ2v) is 5.28. The van der Waals surface area contributed by atoms with Gasteiger partial charge in [0.2, 0.25) is 0 Å². The first-order chi connectivity index (χ1) is 8.21. The highest BCUT2D eigenvalue weighted by Crippen LogP contribution is 2.35. The van der Waals surface area contributed by atoms with Crippen molar-refractivity contribution in [1.29, 1.82) is 0 Å². The number of hydrogen-bond acceptors (Lipinski definition) is 1. The van der Waals surface area contributed by atoms with Crippen LogP contribution in [-0.2, 0) is 6.18 Å². The van der Waals surface area contributed by atoms with Gasteiger partial charge in [0, 0.05) is 22.0 Å². The van der Waals surface area contributed by atoms with Crippen molar-refractivity contribution in [3.05, 3.63) is 33.8 Å². The Kier molecular flexibility index (Phi) is 5.04. The number of carbonyl (C=O) groups excluding carboxylic acids is 1. The topological polar surface area (TPSA) is 29.1 Å². The van der Waals surface area contributed by atoms with Crippen molar-refractivity contribution in [2.24, 2.45) is 0 Å². The largest absolute Gasteiger partial charge is 0.417 e. The van der Waals surface area contributed by atoms with E-state index in [1.165, 1.54) is 12.1 Å². The standard InChI is InChI=1S/C11H10BrClF3NO/c1-6(13)5-17-10(18)7-2-3-9(12)8(4-7)11(14,15)16/h2-4,6H,5H2,1H3,(H,17,18). The molecule has 0 aromatic heterocycles. The number of carbonyl (C=O) groups is 1. The number of hydrogen-bond donors (Lipinski definition) is 1. The van der Waals surface area contributed by atoms with E-state index in [2.05, 4.69) is 21.2 Å². The van der Waals surface area contributed by atoms with Crippen molar-refractivity contribution in [3.63, 3.8) is 0 Å². The first-order valence-corrected chi connectivity index (χ1v) is 6.23. The van der Waals surface area contributed by atoms with Gasteiger partial charge in [0.1, 0.15) is 0 Å². The van der Waals surface area contributed by atoms with E-state index in [-0.39, 0.29) is 22.0 Å². The molecule has 1 aromatic rings. The van der Waals surface area contributed by atoms with E-state index in [4.69, 9.17) is 11.6 Å². The molecule has 100 valence electrons. The van der Waals surface area contributed by atoms with Gasteiger partial charge in [-0.1, -0.05) is 15.9 Å². The molecular formula is C11H10BrClF3NO. The number of alkyl halides is 4. The first-order valence-electron chi connectivity index (χ1n) is 5.01. The molecular weight excluding hydrogens is 334 g/mol. The summed E-state index contributed by atoms with van der Waals surface area (Å²) in [5.74, 6) is -0.583. The van der Waals surface area contributed by atoms with Gasteiger partial charge in [0.05, 0.1) is 5.56 Å². The van der Waals surface area contributed by atoms with Crippen LogP contribution in [0.2, 0.25) is 0 Å². The van der Waals surface area contributed by atoms with Crippen molar-refractivity contribution in [3.8, 4) is 0 Å². The van der Waals surface area contributed by atoms with Crippen LogP contribution in [0.1, 0.15) is 22.8 Å². The minimum Gasteiger partial charge on any atom is -0.351 e. The van der Waals surface area contributed by atoms with Crippen LogP contribution in [0.25, 0.3) is 0 Å². The number of nitrogens with one attached hydrogen (secondary N) is 1. The molecule has 0 heterocycles. The zero-order valence-corrected chi connectivity index (χ0v) is 11.7. The molecule has 0 spiro atoms. The molecule has 1 N–H and O–H groups in total. The summed E-state index contributed by atoms with van der Waals surface area (Å²) in [6.07, 6.45) is -4.51. The predicted octanol–water partition coefficient (Wildman–Crippen LogP) is 3.83. The lowest BCUT2D eigenvalue weighted by molar-refractivity contribution is -0.138. The van der Waals surface area contributed by atoms with Gasteiger partial charge < -0.3 is 5.32 Å². The molecule has 18 heavy (non-hydrogen) atoms. The predicted molar refractivity (Wildman–Crippen MR) is 66.8 cm³/mol. The fraction of sp³-hybridized carbons (Fsp3) is 0.364. The average molecular weight is 345 g/mol. The van der Waals surface area contributed by atoms with Crippen molar-refractivity contribution in [1.82, 2.24) is 5.32 Å². The van der Waals surface area contributed by atoms with Gasteiger partial charge in [-0.2, -0.15) is 13.2 Å². The molecule has 0 aliphatic heterocycles. The van der Waals surface area contributed by atoms with Gasteiger partial charge in [0.15, 0.2) is 0 Å². The summed E-state index contributed by atoms with van der Waals surface area (Å²) >= 11 is 8.44. The minimum absolute atomic E-state index is 0.0529. The Bertz CT molecular complexity index is 448. The van der Waals surface area contributed by atoms with Crippen molar-refractivity contribution >= 4 is 33.4 Å². The maximum absolute atomic E-state index is 12.6. The molecule has 0 aliphatic rings. The van der Waals surface area contributed by atoms with Crippen LogP contribution in [0.5, 0.6) is 0 Å². The molecule has 7 heteroatoms. The van der Waals surface area contributed by atoms with Gasteiger partial charge in [0.25, 0.3) is 5.91 Å². The molecule has 1 aromatic carbocycles. The lowest BCUT2D eigenvalue weighted by atomic mass is 10.1. The molecule has 1 rings (SSSR count). The van der Waals surface area contributed by atoms with E-state index in [1.807, 2.05) is 0 Å². The van der Waals surface area contributed by atoms with E-state index in [0.29, 0.717) is 0 Å². The lowest BCUT2D eigenvalue weighted by Crippen LogP contribution is -2.28. The SMILES string of the molecule is CC(Cl)CNC(=O)c1ccc(Br)c(C(F)(F)F)c1. The molecule has 0 saturated heterocycles. The van der Waals surface area contributed by atoms with E-state index in [9.17, 15) is 18.0 Å². The van der Waals surface area contributed by atoms with E-state index >= 15 is 0 Å². The number of benzene rings is 1. The highest BCUT2D eigenvalue weighted by molar-refractivity contribution is 9.10. The Hall–Kier alpha value is -0.750. The van der Waals surface area contributed by atoms with E-state index in [0.717, 1.165) is 6.07 Å². The Balaban J connectivity index is 2.95. The van der Waals surface area contributed by atoms with Crippen LogP contribution in [0.15, 0.2) is 22.7 Å². The number of rotatable bonds is 3. The van der Waals surface area contributed by atoms with Crippen LogP contribution in [-0.4, -0.2) is 17.8 Å². The quantitative estimate of drug-likeness (QED) is 0.830. The molecule has 0 saturated carbocycles. The zero-order valence-electron chi connectivity index (χ0n) is 9.31. The second kappa shape index (κ2) is 5.93. The second-order valence-electron chi connectivity index (χ2n) is 3.68. The van der Waals surface area contributed by atoms with Crippen LogP contribution in [0, 0.1) is 0 Å². The summed E-state index contributed by atoms with van der Waals surface area (Å²) in [7, 11) is 0. The highest BCUT2D eigenvalue weighted by Gasteiger charge is 2.33. The van der Waals surface area contributed by atoms with E-state index < -0.39 is 17.6 Å². The van der Waals surface area contributed by atoms with Crippen molar-refractivity contribution in [2.45, 2.75) is 18.5 Å². The third-order valence-corrected chi connectivity index (χ3v) is 2.92. The van der Waals surface area contributed by atoms with Crippen molar-refractivity contribution < 1.29 is 18.0 Å². The number of amides is 1. The third kappa shape index (κ3) is 4.17. The summed E-state index contributed by atoms with van der Waals surface area (Å²) in [6, 6.07) is 3.31. The summed E-state index contributed by atoms with van der Waals surface area (Å²) in [5, 5.41) is 2.16. The molecule has 0 bridgehead atoms. The highest BCUT2D eigenvalue weighted by atomic mass is 79.9. The van der Waals surface area contributed by atoms with Gasteiger partial charge in [-0.05, 0) is 25.1 Å². The van der Waals surface area contributed by atoms with Crippen LogP contribution >= 0.6 is 27.5 Å². The smallest absolute Gasteiger partial charge is 0.351 e. The van der Waals surface area contributed by atoms with Gasteiger partial charge in [-0.25, -0.2) is 0 Å². The minimum atomic E-state index is -4.51. The Morgan fingerprint density at radius 3 is 2.61 bits per heavy atom. The molecule has 1 unspecified atom stereocenters. The Labute approximate surface area is 116 Å². The average Bonchev–Trinajstić information content (AvgIpc) is 2.24. The van der Waals surface area contributed by atoms with Crippen LogP contribution in [0.3, 0.4) is 0 Å². The summed E-state index contributed by atoms with van der Waals surface area (Å²) < 4.78 is 37.8. The van der Waals surface area contributed by atoms with Crippen molar-refractivity contribution in [2.75, 3.05) is 6.54 Å². The fourth-order valence-electron chi connectivity index (χ4n) is 1.22. The van der Waals surface area contributed by atoms with Gasteiger partial charge in [-0.3, -0.25) is 4.79 Å². The zero-order chi connectivity index (χ0) is 13.9. The maximum atomic E-state index is 12.6. The third-order valence-electron chi connectivity index (χ3n) is 2.08. The molecule has 0 fully saturated rings. The summed E-state index contributed by atoms with van der Waals surface area (Å²) in [4.78, 5) is 11.6. The van der Waals surface area contributed by atoms with Gasteiger partial charge >= 0.3 is 6.18 Å². The van der Waals surface area contributed by atoms with E-state index in [1.54, 1.807) is 6.92 Å². The maximum Gasteiger partial charge on any atom is 0.417 e. The van der Waals surface area contributed by atoms with Gasteiger partial charge in [-0.15, -0.1) is 11.6 Å². The molecule has 1 amide bonds. The van der Waals surface area contributed by atoms with Crippen LogP contribution < -0.4 is 5.32 Å². The number of halogens is 5. The Morgan fingerprint density at radius 1 is 1.50 bits per heavy atom. The molecule has 0 radical (unpaired) electrons. The normalized spacial score (nSPS) is 13.2. The molecule has 1 atom stereocenters. The lowest BCUT2D eigenvalue weighted by Gasteiger charge is -2.11. The molecule has 2 nitrogen and oxygen atoms in total. The summed E-state index contributed by atoms with van der Waals surface area (Å²) in [6.45, 7) is 1.86. The summed E-state index contributed by atoms with van der Waals surface area (Å²) in [5.41, 5.74) is -0.933. The van der Waals surface area contributed by atoms with Crippen LogP contribution in [0.4, 0.5) is 13.2 Å². The Morgan fingerprint density at radius 2 is 2.11 bits per heavy atom. The first kappa shape index (κ1) is 15.3. The molecule has 0 aliphatic carbocycles. The monoisotopic (exact) mass is 343 g/mol.